The molecule has 0 fully saturated rings. The lowest BCUT2D eigenvalue weighted by atomic mass is 10.2. The maximum absolute atomic E-state index is 5.93. The predicted octanol–water partition coefficient (Wildman–Crippen LogP) is 3.56. The topological polar surface area (TPSA) is 46.5 Å². The van der Waals surface area contributed by atoms with Gasteiger partial charge in [0.15, 0.2) is 0 Å². The van der Waals surface area contributed by atoms with Crippen molar-refractivity contribution in [1.82, 2.24) is 4.98 Å². The maximum atomic E-state index is 5.93. The minimum atomic E-state index is 0.641. The third-order valence-electron chi connectivity index (χ3n) is 2.17. The zero-order chi connectivity index (χ0) is 13.0. The Bertz CT molecular complexity index is 568. The third-order valence-corrected chi connectivity index (χ3v) is 3.27. The molecule has 0 bridgehead atoms. The van der Waals surface area contributed by atoms with Crippen molar-refractivity contribution in [2.45, 2.75) is 6.92 Å². The zero-order valence-corrected chi connectivity index (χ0v) is 11.5. The molecule has 0 atom stereocenters. The standard InChI is InChI=1S/C12H12ClN3OS/c1-8-7-18-12(15-8)16-14-6-9-5-10(13)3-4-11(9)17-2/h3-7H,1-2H3,(H,15,16). The Morgan fingerprint density at radius 1 is 1.50 bits per heavy atom. The molecule has 94 valence electrons. The van der Waals surface area contributed by atoms with Gasteiger partial charge in [-0.3, -0.25) is 5.43 Å². The van der Waals surface area contributed by atoms with Crippen LogP contribution in [-0.4, -0.2) is 18.3 Å². The summed E-state index contributed by atoms with van der Waals surface area (Å²) in [5.41, 5.74) is 4.64. The summed E-state index contributed by atoms with van der Waals surface area (Å²) < 4.78 is 5.22. The van der Waals surface area contributed by atoms with Crippen molar-refractivity contribution in [2.24, 2.45) is 5.10 Å². The highest BCUT2D eigenvalue weighted by Crippen LogP contribution is 2.21. The van der Waals surface area contributed by atoms with E-state index in [9.17, 15) is 0 Å². The number of hydrogen-bond donors (Lipinski definition) is 1. The molecule has 6 heteroatoms. The molecular weight excluding hydrogens is 270 g/mol. The maximum Gasteiger partial charge on any atom is 0.203 e. The van der Waals surface area contributed by atoms with Gasteiger partial charge in [-0.15, -0.1) is 11.3 Å². The monoisotopic (exact) mass is 281 g/mol. The second kappa shape index (κ2) is 5.84. The number of benzene rings is 1. The number of ether oxygens (including phenoxy) is 1. The highest BCUT2D eigenvalue weighted by molar-refractivity contribution is 7.13. The smallest absolute Gasteiger partial charge is 0.203 e. The number of hydrazone groups is 1. The molecular formula is C12H12ClN3OS. The van der Waals surface area contributed by atoms with Gasteiger partial charge in [-0.2, -0.15) is 5.10 Å². The van der Waals surface area contributed by atoms with Gasteiger partial charge >= 0.3 is 0 Å². The van der Waals surface area contributed by atoms with Crippen LogP contribution in [0.2, 0.25) is 5.02 Å². The van der Waals surface area contributed by atoms with Crippen LogP contribution in [0.1, 0.15) is 11.3 Å². The van der Waals surface area contributed by atoms with Crippen molar-refractivity contribution in [3.63, 3.8) is 0 Å². The highest BCUT2D eigenvalue weighted by atomic mass is 35.5. The summed E-state index contributed by atoms with van der Waals surface area (Å²) in [4.78, 5) is 4.24. The molecule has 1 aromatic carbocycles. The fourth-order valence-electron chi connectivity index (χ4n) is 1.37. The average Bonchev–Trinajstić information content (AvgIpc) is 2.75. The van der Waals surface area contributed by atoms with Crippen molar-refractivity contribution in [3.05, 3.63) is 39.9 Å². The van der Waals surface area contributed by atoms with Crippen LogP contribution in [-0.2, 0) is 0 Å². The Morgan fingerprint density at radius 2 is 2.33 bits per heavy atom. The molecule has 18 heavy (non-hydrogen) atoms. The van der Waals surface area contributed by atoms with E-state index in [0.29, 0.717) is 5.02 Å². The molecule has 0 saturated carbocycles. The summed E-state index contributed by atoms with van der Waals surface area (Å²) in [7, 11) is 1.61. The number of methoxy groups -OCH3 is 1. The number of aryl methyl sites for hydroxylation is 1. The molecule has 0 aliphatic heterocycles. The lowest BCUT2D eigenvalue weighted by Gasteiger charge is -2.04. The third kappa shape index (κ3) is 3.21. The largest absolute Gasteiger partial charge is 0.496 e. The normalized spacial score (nSPS) is 10.8. The van der Waals surface area contributed by atoms with Gasteiger partial charge in [0.05, 0.1) is 19.0 Å². The number of nitrogens with zero attached hydrogens (tertiary/aromatic N) is 2. The van der Waals surface area contributed by atoms with Crippen molar-refractivity contribution < 1.29 is 4.74 Å². The molecule has 0 radical (unpaired) electrons. The predicted molar refractivity (Wildman–Crippen MR) is 76.1 cm³/mol. The van der Waals surface area contributed by atoms with Crippen molar-refractivity contribution in [1.29, 1.82) is 0 Å². The van der Waals surface area contributed by atoms with E-state index in [1.54, 1.807) is 31.5 Å². The van der Waals surface area contributed by atoms with Crippen molar-refractivity contribution >= 4 is 34.3 Å². The first-order chi connectivity index (χ1) is 8.69. The minimum Gasteiger partial charge on any atom is -0.496 e. The Balaban J connectivity index is 2.11. The number of hydrogen-bond acceptors (Lipinski definition) is 5. The molecule has 1 aromatic heterocycles. The molecule has 4 nitrogen and oxygen atoms in total. The average molecular weight is 282 g/mol. The van der Waals surface area contributed by atoms with E-state index in [4.69, 9.17) is 16.3 Å². The minimum absolute atomic E-state index is 0.641. The number of thiazole rings is 1. The number of rotatable bonds is 4. The molecule has 0 aliphatic carbocycles. The van der Waals surface area contributed by atoms with Gasteiger partial charge in [0, 0.05) is 16.0 Å². The van der Waals surface area contributed by atoms with E-state index in [0.717, 1.165) is 22.1 Å². The van der Waals surface area contributed by atoms with E-state index in [1.807, 2.05) is 12.3 Å². The fourth-order valence-corrected chi connectivity index (χ4v) is 2.19. The van der Waals surface area contributed by atoms with Crippen LogP contribution in [0.15, 0.2) is 28.7 Å². The lowest BCUT2D eigenvalue weighted by molar-refractivity contribution is 0.414. The summed E-state index contributed by atoms with van der Waals surface area (Å²) >= 11 is 7.43. The van der Waals surface area contributed by atoms with Gasteiger partial charge in [-0.05, 0) is 25.1 Å². The van der Waals surface area contributed by atoms with Gasteiger partial charge in [0.2, 0.25) is 5.13 Å². The van der Waals surface area contributed by atoms with Crippen molar-refractivity contribution in [3.8, 4) is 5.75 Å². The Morgan fingerprint density at radius 3 is 3.00 bits per heavy atom. The molecule has 1 heterocycles. The van der Waals surface area contributed by atoms with Crippen LogP contribution in [0.5, 0.6) is 5.75 Å². The number of anilines is 1. The van der Waals surface area contributed by atoms with Crippen LogP contribution in [0, 0.1) is 6.92 Å². The van der Waals surface area contributed by atoms with E-state index >= 15 is 0 Å². The van der Waals surface area contributed by atoms with E-state index < -0.39 is 0 Å². The van der Waals surface area contributed by atoms with Gasteiger partial charge in [-0.1, -0.05) is 11.6 Å². The number of aromatic nitrogens is 1. The van der Waals surface area contributed by atoms with Gasteiger partial charge < -0.3 is 4.74 Å². The summed E-state index contributed by atoms with van der Waals surface area (Å²) in [6.45, 7) is 1.94. The Hall–Kier alpha value is -1.59. The van der Waals surface area contributed by atoms with Gasteiger partial charge in [0.1, 0.15) is 5.75 Å². The SMILES string of the molecule is COc1ccc(Cl)cc1C=NNc1nc(C)cs1. The molecule has 0 spiro atoms. The molecule has 0 amide bonds. The number of halogens is 1. The van der Waals surface area contributed by atoms with Crippen molar-refractivity contribution in [2.75, 3.05) is 12.5 Å². The van der Waals surface area contributed by atoms with Crippen LogP contribution in [0.4, 0.5) is 5.13 Å². The Labute approximate surface area is 114 Å². The van der Waals surface area contributed by atoms with E-state index in [1.165, 1.54) is 11.3 Å². The van der Waals surface area contributed by atoms with Crippen LogP contribution in [0.3, 0.4) is 0 Å². The first-order valence-electron chi connectivity index (χ1n) is 5.24. The fraction of sp³-hybridized carbons (Fsp3) is 0.167. The summed E-state index contributed by atoms with van der Waals surface area (Å²) in [5.74, 6) is 0.722. The molecule has 0 aliphatic rings. The van der Waals surface area contributed by atoms with E-state index in [-0.39, 0.29) is 0 Å². The molecule has 2 aromatic rings. The summed E-state index contributed by atoms with van der Waals surface area (Å²) in [6, 6.07) is 5.37. The molecule has 0 unspecified atom stereocenters. The van der Waals surface area contributed by atoms with Crippen LogP contribution >= 0.6 is 22.9 Å². The first-order valence-corrected chi connectivity index (χ1v) is 6.49. The quantitative estimate of drug-likeness (QED) is 0.688. The van der Waals surface area contributed by atoms with Gasteiger partial charge in [-0.25, -0.2) is 4.98 Å². The molecule has 1 N–H and O–H groups in total. The lowest BCUT2D eigenvalue weighted by Crippen LogP contribution is -1.93. The second-order valence-electron chi connectivity index (χ2n) is 3.55. The second-order valence-corrected chi connectivity index (χ2v) is 4.84. The zero-order valence-electron chi connectivity index (χ0n) is 9.98. The number of nitrogens with one attached hydrogen (secondary N) is 1. The molecule has 0 saturated heterocycles. The first kappa shape index (κ1) is 12.9. The summed E-state index contributed by atoms with van der Waals surface area (Å²) in [6.07, 6.45) is 1.65. The highest BCUT2D eigenvalue weighted by Gasteiger charge is 2.01. The van der Waals surface area contributed by atoms with Crippen LogP contribution < -0.4 is 10.2 Å². The van der Waals surface area contributed by atoms with E-state index in [2.05, 4.69) is 15.5 Å². The molecule has 2 rings (SSSR count). The summed E-state index contributed by atoms with van der Waals surface area (Å²) in [5, 5.41) is 7.46. The Kier molecular flexibility index (Phi) is 4.17. The van der Waals surface area contributed by atoms with Gasteiger partial charge in [0.25, 0.3) is 0 Å². The van der Waals surface area contributed by atoms with Crippen LogP contribution in [0.25, 0.3) is 0 Å².